The zero-order valence-corrected chi connectivity index (χ0v) is 12.3. The topological polar surface area (TPSA) is 55.6 Å². The van der Waals surface area contributed by atoms with Crippen LogP contribution in [0.3, 0.4) is 0 Å². The number of anilines is 1. The maximum absolute atomic E-state index is 11.9. The summed E-state index contributed by atoms with van der Waals surface area (Å²) in [6.45, 7) is 10.8. The molecule has 0 bridgehead atoms. The molecule has 104 valence electrons. The molecule has 1 aromatic rings. The number of carbonyl (C=O) groups is 1. The van der Waals surface area contributed by atoms with Gasteiger partial charge in [-0.2, -0.15) is 0 Å². The van der Waals surface area contributed by atoms with Crippen LogP contribution in [0.15, 0.2) is 12.2 Å². The van der Waals surface area contributed by atoms with Gasteiger partial charge in [-0.25, -0.2) is 4.79 Å². The Labute approximate surface area is 117 Å². The van der Waals surface area contributed by atoms with Crippen molar-refractivity contribution in [3.63, 3.8) is 0 Å². The third-order valence-electron chi connectivity index (χ3n) is 3.14. The minimum Gasteiger partial charge on any atom is -0.462 e. The number of ether oxygens (including phenoxy) is 1. The molecule has 2 N–H and O–H groups in total. The molecule has 5 heteroatoms. The molecule has 0 amide bonds. The second kappa shape index (κ2) is 5.75. The standard InChI is InChI=1S/C14H20N2O2S/c1-4-18-14(17)12-10-5-6-16(7-9(2)3)8-11(10)19-13(12)15/h2,4-8,15H2,1,3H3. The van der Waals surface area contributed by atoms with Crippen LogP contribution < -0.4 is 5.73 Å². The number of nitrogen functional groups attached to an aromatic ring is 1. The van der Waals surface area contributed by atoms with Crippen LogP contribution in [0.25, 0.3) is 0 Å². The summed E-state index contributed by atoms with van der Waals surface area (Å²) in [4.78, 5) is 15.5. The summed E-state index contributed by atoms with van der Waals surface area (Å²) in [5.41, 5.74) is 8.81. The summed E-state index contributed by atoms with van der Waals surface area (Å²) in [5, 5.41) is 0.584. The van der Waals surface area contributed by atoms with E-state index >= 15 is 0 Å². The van der Waals surface area contributed by atoms with Crippen molar-refractivity contribution in [1.82, 2.24) is 4.90 Å². The molecule has 0 saturated heterocycles. The van der Waals surface area contributed by atoms with Crippen molar-refractivity contribution in [2.75, 3.05) is 25.4 Å². The number of hydrogen-bond donors (Lipinski definition) is 1. The molecule has 0 unspecified atom stereocenters. The molecule has 0 spiro atoms. The SMILES string of the molecule is C=C(C)CN1CCc2c(sc(N)c2C(=O)OCC)C1. The van der Waals surface area contributed by atoms with Crippen molar-refractivity contribution in [2.24, 2.45) is 0 Å². The van der Waals surface area contributed by atoms with Crippen molar-refractivity contribution in [3.8, 4) is 0 Å². The minimum atomic E-state index is -0.286. The second-order valence-corrected chi connectivity index (χ2v) is 6.02. The molecular formula is C14H20N2O2S. The van der Waals surface area contributed by atoms with Gasteiger partial charge in [0, 0.05) is 24.5 Å². The Morgan fingerprint density at radius 1 is 1.58 bits per heavy atom. The highest BCUT2D eigenvalue weighted by molar-refractivity contribution is 7.16. The number of nitrogens with zero attached hydrogens (tertiary/aromatic N) is 1. The second-order valence-electron chi connectivity index (χ2n) is 4.88. The normalized spacial score (nSPS) is 15.1. The average molecular weight is 280 g/mol. The van der Waals surface area contributed by atoms with Crippen LogP contribution in [0.2, 0.25) is 0 Å². The van der Waals surface area contributed by atoms with Gasteiger partial charge in [0.25, 0.3) is 0 Å². The summed E-state index contributed by atoms with van der Waals surface area (Å²) < 4.78 is 5.08. The number of fused-ring (bicyclic) bond motifs is 1. The zero-order valence-electron chi connectivity index (χ0n) is 11.5. The molecule has 2 rings (SSSR count). The van der Waals surface area contributed by atoms with Crippen molar-refractivity contribution in [1.29, 1.82) is 0 Å². The highest BCUT2D eigenvalue weighted by Gasteiger charge is 2.27. The Morgan fingerprint density at radius 2 is 2.32 bits per heavy atom. The van der Waals surface area contributed by atoms with Crippen molar-refractivity contribution < 1.29 is 9.53 Å². The number of nitrogens with two attached hydrogens (primary N) is 1. The summed E-state index contributed by atoms with van der Waals surface area (Å²) >= 11 is 1.51. The molecule has 1 aromatic heterocycles. The number of thiophene rings is 1. The lowest BCUT2D eigenvalue weighted by Gasteiger charge is -2.27. The molecule has 2 heterocycles. The first kappa shape index (κ1) is 14.1. The van der Waals surface area contributed by atoms with E-state index in [-0.39, 0.29) is 5.97 Å². The number of rotatable bonds is 4. The molecule has 0 aliphatic carbocycles. The number of esters is 1. The third-order valence-corrected chi connectivity index (χ3v) is 4.18. The summed E-state index contributed by atoms with van der Waals surface area (Å²) in [6.07, 6.45) is 0.852. The van der Waals surface area contributed by atoms with E-state index in [4.69, 9.17) is 10.5 Å². The lowest BCUT2D eigenvalue weighted by Crippen LogP contribution is -2.31. The van der Waals surface area contributed by atoms with Gasteiger partial charge in [-0.15, -0.1) is 11.3 Å². The molecule has 0 radical (unpaired) electrons. The molecule has 4 nitrogen and oxygen atoms in total. The lowest BCUT2D eigenvalue weighted by atomic mass is 10.0. The van der Waals surface area contributed by atoms with E-state index in [1.807, 2.05) is 13.8 Å². The molecule has 0 saturated carbocycles. The third kappa shape index (κ3) is 2.98. The minimum absolute atomic E-state index is 0.286. The monoisotopic (exact) mass is 280 g/mol. The first-order chi connectivity index (χ1) is 9.02. The molecule has 0 fully saturated rings. The summed E-state index contributed by atoms with van der Waals surface area (Å²) in [6, 6.07) is 0. The summed E-state index contributed by atoms with van der Waals surface area (Å²) in [5.74, 6) is -0.286. The largest absolute Gasteiger partial charge is 0.462 e. The summed E-state index contributed by atoms with van der Waals surface area (Å²) in [7, 11) is 0. The zero-order chi connectivity index (χ0) is 14.0. The lowest BCUT2D eigenvalue weighted by molar-refractivity contribution is 0.0526. The predicted octanol–water partition coefficient (Wildman–Crippen LogP) is 2.44. The highest BCUT2D eigenvalue weighted by atomic mass is 32.1. The first-order valence-electron chi connectivity index (χ1n) is 6.46. The predicted molar refractivity (Wildman–Crippen MR) is 78.5 cm³/mol. The smallest absolute Gasteiger partial charge is 0.341 e. The van der Waals surface area contributed by atoms with E-state index in [0.29, 0.717) is 17.2 Å². The van der Waals surface area contributed by atoms with E-state index in [1.54, 1.807) is 0 Å². The molecule has 0 aromatic carbocycles. The van der Waals surface area contributed by atoms with Gasteiger partial charge in [0.2, 0.25) is 0 Å². The first-order valence-corrected chi connectivity index (χ1v) is 7.28. The fraction of sp³-hybridized carbons (Fsp3) is 0.500. The highest BCUT2D eigenvalue weighted by Crippen LogP contribution is 2.35. The van der Waals surface area contributed by atoms with Crippen LogP contribution in [0.4, 0.5) is 5.00 Å². The molecule has 1 aliphatic rings. The van der Waals surface area contributed by atoms with Crippen molar-refractivity contribution in [2.45, 2.75) is 26.8 Å². The maximum atomic E-state index is 11.9. The van der Waals surface area contributed by atoms with E-state index < -0.39 is 0 Å². The van der Waals surface area contributed by atoms with Gasteiger partial charge in [0.15, 0.2) is 0 Å². The fourth-order valence-electron chi connectivity index (χ4n) is 2.42. The van der Waals surface area contributed by atoms with Gasteiger partial charge in [-0.05, 0) is 25.8 Å². The molecular weight excluding hydrogens is 260 g/mol. The van der Waals surface area contributed by atoms with Gasteiger partial charge < -0.3 is 10.5 Å². The van der Waals surface area contributed by atoms with E-state index in [2.05, 4.69) is 11.5 Å². The molecule has 1 aliphatic heterocycles. The van der Waals surface area contributed by atoms with Gasteiger partial charge in [0.1, 0.15) is 5.00 Å². The van der Waals surface area contributed by atoms with E-state index in [9.17, 15) is 4.79 Å². The Hall–Kier alpha value is -1.33. The van der Waals surface area contributed by atoms with Crippen LogP contribution in [0.1, 0.15) is 34.6 Å². The molecule has 0 atom stereocenters. The Bertz CT molecular complexity index is 508. The number of hydrogen-bond acceptors (Lipinski definition) is 5. The van der Waals surface area contributed by atoms with Crippen LogP contribution in [0.5, 0.6) is 0 Å². The maximum Gasteiger partial charge on any atom is 0.341 e. The number of carbonyl (C=O) groups excluding carboxylic acids is 1. The Kier molecular flexibility index (Phi) is 4.27. The van der Waals surface area contributed by atoms with E-state index in [0.717, 1.165) is 37.2 Å². The van der Waals surface area contributed by atoms with Gasteiger partial charge >= 0.3 is 5.97 Å². The van der Waals surface area contributed by atoms with Crippen LogP contribution in [0, 0.1) is 0 Å². The van der Waals surface area contributed by atoms with Gasteiger partial charge in [-0.1, -0.05) is 12.2 Å². The Balaban J connectivity index is 2.22. The van der Waals surface area contributed by atoms with Crippen LogP contribution in [-0.4, -0.2) is 30.6 Å². The average Bonchev–Trinajstić information content (AvgIpc) is 2.63. The quantitative estimate of drug-likeness (QED) is 0.680. The fourth-order valence-corrected chi connectivity index (χ4v) is 3.57. The van der Waals surface area contributed by atoms with Crippen LogP contribution in [-0.2, 0) is 17.7 Å². The molecule has 19 heavy (non-hydrogen) atoms. The van der Waals surface area contributed by atoms with E-state index in [1.165, 1.54) is 16.2 Å². The van der Waals surface area contributed by atoms with Crippen molar-refractivity contribution >= 4 is 22.3 Å². The van der Waals surface area contributed by atoms with Crippen molar-refractivity contribution in [3.05, 3.63) is 28.2 Å². The van der Waals surface area contributed by atoms with Gasteiger partial charge in [0.05, 0.1) is 12.2 Å². The van der Waals surface area contributed by atoms with Gasteiger partial charge in [-0.3, -0.25) is 4.90 Å². The van der Waals surface area contributed by atoms with Crippen LogP contribution >= 0.6 is 11.3 Å². The Morgan fingerprint density at radius 3 is 2.95 bits per heavy atom.